The molecular formula is C15H25N3O2. The summed E-state index contributed by atoms with van der Waals surface area (Å²) in [6.07, 6.45) is 3.49. The molecule has 0 bridgehead atoms. The Kier molecular flexibility index (Phi) is 6.87. The van der Waals surface area contributed by atoms with Crippen LogP contribution in [0.3, 0.4) is 0 Å². The lowest BCUT2D eigenvalue weighted by Crippen LogP contribution is -2.31. The van der Waals surface area contributed by atoms with Crippen molar-refractivity contribution in [2.24, 2.45) is 0 Å². The van der Waals surface area contributed by atoms with Crippen LogP contribution >= 0.6 is 0 Å². The summed E-state index contributed by atoms with van der Waals surface area (Å²) in [5.41, 5.74) is 6.99. The standard InChI is InChI=1S/C15H25N3O2/c1-4-5-6-9-18(2)11-15(19)17-14-8-7-12(20-3)10-13(14)16/h7-8,10H,4-6,9,11,16H2,1-3H3,(H,17,19). The fraction of sp³-hybridized carbons (Fsp3) is 0.533. The van der Waals surface area contributed by atoms with Crippen molar-refractivity contribution in [2.75, 3.05) is 38.3 Å². The van der Waals surface area contributed by atoms with Gasteiger partial charge in [-0.15, -0.1) is 0 Å². The summed E-state index contributed by atoms with van der Waals surface area (Å²) in [7, 11) is 3.53. The minimum absolute atomic E-state index is 0.0548. The molecule has 112 valence electrons. The summed E-state index contributed by atoms with van der Waals surface area (Å²) in [6.45, 7) is 3.47. The third-order valence-corrected chi connectivity index (χ3v) is 3.09. The molecule has 1 aromatic rings. The fourth-order valence-electron chi connectivity index (χ4n) is 1.93. The summed E-state index contributed by atoms with van der Waals surface area (Å²) in [5, 5.41) is 2.82. The fourth-order valence-corrected chi connectivity index (χ4v) is 1.93. The quantitative estimate of drug-likeness (QED) is 0.566. The van der Waals surface area contributed by atoms with Crippen LogP contribution in [0.5, 0.6) is 5.75 Å². The van der Waals surface area contributed by atoms with Gasteiger partial charge in [0.1, 0.15) is 5.75 Å². The van der Waals surface area contributed by atoms with Crippen molar-refractivity contribution in [1.29, 1.82) is 0 Å². The van der Waals surface area contributed by atoms with E-state index in [0.717, 1.165) is 13.0 Å². The van der Waals surface area contributed by atoms with Gasteiger partial charge >= 0.3 is 0 Å². The Balaban J connectivity index is 2.45. The van der Waals surface area contributed by atoms with Crippen molar-refractivity contribution in [3.8, 4) is 5.75 Å². The molecule has 1 amide bonds. The van der Waals surface area contributed by atoms with Crippen molar-refractivity contribution in [3.05, 3.63) is 18.2 Å². The first kappa shape index (κ1) is 16.3. The second kappa shape index (κ2) is 8.43. The van der Waals surface area contributed by atoms with Crippen LogP contribution in [0.25, 0.3) is 0 Å². The van der Waals surface area contributed by atoms with Crippen molar-refractivity contribution < 1.29 is 9.53 Å². The third kappa shape index (κ3) is 5.48. The van der Waals surface area contributed by atoms with Gasteiger partial charge in [-0.25, -0.2) is 0 Å². The molecule has 0 spiro atoms. The smallest absolute Gasteiger partial charge is 0.238 e. The zero-order chi connectivity index (χ0) is 15.0. The molecule has 0 saturated carbocycles. The first-order chi connectivity index (χ1) is 9.56. The van der Waals surface area contributed by atoms with Crippen molar-refractivity contribution >= 4 is 17.3 Å². The van der Waals surface area contributed by atoms with Crippen molar-refractivity contribution in [2.45, 2.75) is 26.2 Å². The van der Waals surface area contributed by atoms with Crippen LogP contribution in [-0.2, 0) is 4.79 Å². The highest BCUT2D eigenvalue weighted by Crippen LogP contribution is 2.23. The highest BCUT2D eigenvalue weighted by atomic mass is 16.5. The molecule has 1 aromatic carbocycles. The number of methoxy groups -OCH3 is 1. The molecule has 5 heteroatoms. The van der Waals surface area contributed by atoms with E-state index in [4.69, 9.17) is 10.5 Å². The maximum atomic E-state index is 11.9. The summed E-state index contributed by atoms with van der Waals surface area (Å²) in [5.74, 6) is 0.623. The van der Waals surface area contributed by atoms with Gasteiger partial charge in [-0.3, -0.25) is 9.69 Å². The number of nitrogens with two attached hydrogens (primary N) is 1. The second-order valence-corrected chi connectivity index (χ2v) is 4.95. The average Bonchev–Trinajstić information content (AvgIpc) is 2.41. The van der Waals surface area contributed by atoms with Gasteiger partial charge in [0.25, 0.3) is 0 Å². The number of anilines is 2. The number of nitrogens with one attached hydrogen (secondary N) is 1. The van der Waals surface area contributed by atoms with E-state index < -0.39 is 0 Å². The van der Waals surface area contributed by atoms with Gasteiger partial charge in [0, 0.05) is 6.07 Å². The van der Waals surface area contributed by atoms with E-state index >= 15 is 0 Å². The highest BCUT2D eigenvalue weighted by Gasteiger charge is 2.09. The lowest BCUT2D eigenvalue weighted by Gasteiger charge is -2.16. The first-order valence-electron chi connectivity index (χ1n) is 6.98. The molecule has 0 atom stereocenters. The number of hydrogen-bond donors (Lipinski definition) is 2. The average molecular weight is 279 g/mol. The monoisotopic (exact) mass is 279 g/mol. The number of carbonyl (C=O) groups is 1. The molecule has 0 saturated heterocycles. The van der Waals surface area contributed by atoms with Crippen LogP contribution < -0.4 is 15.8 Å². The van der Waals surface area contributed by atoms with E-state index in [1.165, 1.54) is 12.8 Å². The summed E-state index contributed by atoms with van der Waals surface area (Å²) >= 11 is 0. The molecule has 0 aromatic heterocycles. The third-order valence-electron chi connectivity index (χ3n) is 3.09. The molecule has 1 rings (SSSR count). The number of rotatable bonds is 8. The van der Waals surface area contributed by atoms with E-state index in [-0.39, 0.29) is 5.91 Å². The topological polar surface area (TPSA) is 67.6 Å². The van der Waals surface area contributed by atoms with E-state index in [9.17, 15) is 4.79 Å². The Morgan fingerprint density at radius 2 is 2.15 bits per heavy atom. The number of benzene rings is 1. The van der Waals surface area contributed by atoms with Crippen LogP contribution in [0.15, 0.2) is 18.2 Å². The lowest BCUT2D eigenvalue weighted by molar-refractivity contribution is -0.117. The normalized spacial score (nSPS) is 10.6. The van der Waals surface area contributed by atoms with Gasteiger partial charge < -0.3 is 15.8 Å². The van der Waals surface area contributed by atoms with Crippen LogP contribution in [0.2, 0.25) is 0 Å². The van der Waals surface area contributed by atoms with Gasteiger partial charge in [-0.1, -0.05) is 19.8 Å². The minimum Gasteiger partial charge on any atom is -0.497 e. The number of hydrogen-bond acceptors (Lipinski definition) is 4. The maximum absolute atomic E-state index is 11.9. The summed E-state index contributed by atoms with van der Waals surface area (Å²) in [6, 6.07) is 5.22. The Morgan fingerprint density at radius 1 is 1.40 bits per heavy atom. The van der Waals surface area contributed by atoms with Crippen molar-refractivity contribution in [1.82, 2.24) is 4.90 Å². The molecule has 3 N–H and O–H groups in total. The molecule has 20 heavy (non-hydrogen) atoms. The summed E-state index contributed by atoms with van der Waals surface area (Å²) < 4.78 is 5.07. The van der Waals surface area contributed by atoms with E-state index in [1.807, 2.05) is 11.9 Å². The molecule has 0 fully saturated rings. The molecule has 0 aliphatic heterocycles. The predicted molar refractivity (Wildman–Crippen MR) is 83.1 cm³/mol. The molecule has 5 nitrogen and oxygen atoms in total. The number of nitrogen functional groups attached to an aromatic ring is 1. The number of nitrogens with zero attached hydrogens (tertiary/aromatic N) is 1. The number of likely N-dealkylation sites (N-methyl/N-ethyl adjacent to an activating group) is 1. The minimum atomic E-state index is -0.0548. The summed E-state index contributed by atoms with van der Waals surface area (Å²) in [4.78, 5) is 13.9. The van der Waals surface area contributed by atoms with Gasteiger partial charge in [-0.2, -0.15) is 0 Å². The molecule has 0 aliphatic rings. The first-order valence-corrected chi connectivity index (χ1v) is 6.98. The zero-order valence-electron chi connectivity index (χ0n) is 12.6. The van der Waals surface area contributed by atoms with Gasteiger partial charge in [0.15, 0.2) is 0 Å². The number of carbonyl (C=O) groups excluding carboxylic acids is 1. The zero-order valence-corrected chi connectivity index (χ0v) is 12.6. The Bertz CT molecular complexity index is 435. The van der Waals surface area contributed by atoms with Crippen LogP contribution in [0.4, 0.5) is 11.4 Å². The lowest BCUT2D eigenvalue weighted by atomic mass is 10.2. The van der Waals surface area contributed by atoms with E-state index in [1.54, 1.807) is 25.3 Å². The number of amides is 1. The number of unbranched alkanes of at least 4 members (excludes halogenated alkanes) is 2. The van der Waals surface area contributed by atoms with Gasteiger partial charge in [0.05, 0.1) is 25.0 Å². The molecule has 0 radical (unpaired) electrons. The molecule has 0 heterocycles. The predicted octanol–water partition coefficient (Wildman–Crippen LogP) is 2.34. The van der Waals surface area contributed by atoms with Crippen LogP contribution in [0, 0.1) is 0 Å². The van der Waals surface area contributed by atoms with E-state index in [0.29, 0.717) is 23.7 Å². The van der Waals surface area contributed by atoms with Crippen LogP contribution in [0.1, 0.15) is 26.2 Å². The van der Waals surface area contributed by atoms with Crippen LogP contribution in [-0.4, -0.2) is 38.1 Å². The van der Waals surface area contributed by atoms with Gasteiger partial charge in [0.2, 0.25) is 5.91 Å². The molecule has 0 unspecified atom stereocenters. The largest absolute Gasteiger partial charge is 0.497 e. The highest BCUT2D eigenvalue weighted by molar-refractivity contribution is 5.95. The van der Waals surface area contributed by atoms with Gasteiger partial charge in [-0.05, 0) is 32.1 Å². The Morgan fingerprint density at radius 3 is 2.75 bits per heavy atom. The molecular weight excluding hydrogens is 254 g/mol. The Labute approximate surface area is 121 Å². The molecule has 0 aliphatic carbocycles. The Hall–Kier alpha value is -1.75. The SMILES string of the molecule is CCCCCN(C)CC(=O)Nc1ccc(OC)cc1N. The maximum Gasteiger partial charge on any atom is 0.238 e. The van der Waals surface area contributed by atoms with E-state index in [2.05, 4.69) is 12.2 Å². The number of ether oxygens (including phenoxy) is 1. The second-order valence-electron chi connectivity index (χ2n) is 4.95. The van der Waals surface area contributed by atoms with Crippen molar-refractivity contribution in [3.63, 3.8) is 0 Å².